The van der Waals surface area contributed by atoms with Gasteiger partial charge in [0.15, 0.2) is 0 Å². The highest BCUT2D eigenvalue weighted by Gasteiger charge is 2.06. The summed E-state index contributed by atoms with van der Waals surface area (Å²) in [6, 6.07) is 0. The van der Waals surface area contributed by atoms with Gasteiger partial charge < -0.3 is 6.15 Å². The van der Waals surface area contributed by atoms with E-state index in [0.29, 0.717) is 0 Å². The van der Waals surface area contributed by atoms with Crippen molar-refractivity contribution in [3.05, 3.63) is 0 Å². The van der Waals surface area contributed by atoms with E-state index in [9.17, 15) is 12.9 Å². The molecule has 0 saturated heterocycles. The van der Waals surface area contributed by atoms with E-state index in [1.54, 1.807) is 0 Å². The van der Waals surface area contributed by atoms with Crippen LogP contribution in [0.5, 0.6) is 0 Å². The van der Waals surface area contributed by atoms with E-state index in [1.165, 1.54) is 0 Å². The Kier molecular flexibility index (Phi) is 6.75. The second kappa shape index (κ2) is 3.81. The molecule has 0 radical (unpaired) electrons. The maximum absolute atomic E-state index is 9.67. The third-order valence-electron chi connectivity index (χ3n) is 0. The Morgan fingerprint density at radius 1 is 1.00 bits per heavy atom. The van der Waals surface area contributed by atoms with Crippen molar-refractivity contribution in [1.82, 2.24) is 6.15 Å². The highest BCUT2D eigenvalue weighted by atomic mass is 19.4. The number of hydrogen-bond acceptors (Lipinski definition) is 1. The van der Waals surface area contributed by atoms with Gasteiger partial charge in [0.2, 0.25) is 0 Å². The van der Waals surface area contributed by atoms with Gasteiger partial charge in [0.05, 0.1) is 0 Å². The lowest BCUT2D eigenvalue weighted by molar-refractivity contribution is 0.535. The lowest BCUT2D eigenvalue weighted by Crippen LogP contribution is -1.76. The Bertz CT molecular complexity index is 11.6. The highest BCUT2D eigenvalue weighted by molar-refractivity contribution is 6.33. The molecule has 0 bridgehead atoms. The predicted molar refractivity (Wildman–Crippen MR) is 14.1 cm³/mol. The van der Waals surface area contributed by atoms with Gasteiger partial charge in [-0.2, -0.15) is 0 Å². The second-order valence-electron chi connectivity index (χ2n) is 0.247. The third-order valence-corrected chi connectivity index (χ3v) is 0. The molecular weight excluding hydrogens is 81.8 g/mol. The van der Waals surface area contributed by atoms with Gasteiger partial charge in [0, 0.05) is 0 Å². The molecule has 0 unspecified atom stereocenters. The van der Waals surface area contributed by atoms with Crippen molar-refractivity contribution >= 4 is 7.54 Å². The zero-order valence-electron chi connectivity index (χ0n) is 2.42. The fraction of sp³-hybridized carbons (Fsp3) is 0. The van der Waals surface area contributed by atoms with Crippen LogP contribution in [0.25, 0.3) is 0 Å². The minimum Gasteiger partial charge on any atom is -0.344 e. The molecule has 0 aliphatic rings. The molecule has 0 spiro atoms. The van der Waals surface area contributed by atoms with Gasteiger partial charge in [-0.05, 0) is 0 Å². The SMILES string of the molecule is FB(F)F.N. The zero-order valence-corrected chi connectivity index (χ0v) is 2.42. The van der Waals surface area contributed by atoms with Gasteiger partial charge in [-0.1, -0.05) is 0 Å². The first-order chi connectivity index (χ1) is 1.73. The molecule has 3 N–H and O–H groups in total. The quantitative estimate of drug-likeness (QED) is 0.438. The Morgan fingerprint density at radius 2 is 1.00 bits per heavy atom. The van der Waals surface area contributed by atoms with Crippen LogP contribution in [0.4, 0.5) is 12.9 Å². The fourth-order valence-electron chi connectivity index (χ4n) is 0. The molecule has 0 fully saturated rings. The van der Waals surface area contributed by atoms with Crippen molar-refractivity contribution in [1.29, 1.82) is 0 Å². The first-order valence-corrected chi connectivity index (χ1v) is 0.655. The lowest BCUT2D eigenvalue weighted by Gasteiger charge is -1.55. The van der Waals surface area contributed by atoms with E-state index < -0.39 is 7.54 Å². The van der Waals surface area contributed by atoms with Crippen LogP contribution in [0.2, 0.25) is 0 Å². The molecule has 32 valence electrons. The molecular formula is H3BF3N. The van der Waals surface area contributed by atoms with Gasteiger partial charge in [0.1, 0.15) is 0 Å². The van der Waals surface area contributed by atoms with Crippen LogP contribution >= 0.6 is 0 Å². The maximum atomic E-state index is 9.67. The van der Waals surface area contributed by atoms with Crippen molar-refractivity contribution < 1.29 is 12.9 Å². The van der Waals surface area contributed by atoms with Crippen molar-refractivity contribution in [2.75, 3.05) is 0 Å². The topological polar surface area (TPSA) is 35.0 Å². The maximum Gasteiger partial charge on any atom is 0.762 e. The van der Waals surface area contributed by atoms with E-state index in [2.05, 4.69) is 0 Å². The van der Waals surface area contributed by atoms with E-state index in [4.69, 9.17) is 0 Å². The Balaban J connectivity index is 0. The van der Waals surface area contributed by atoms with Crippen LogP contribution < -0.4 is 6.15 Å². The molecule has 0 aromatic carbocycles. The molecule has 0 aliphatic heterocycles. The smallest absolute Gasteiger partial charge is 0.344 e. The molecule has 0 amide bonds. The Hall–Kier alpha value is -0.185. The summed E-state index contributed by atoms with van der Waals surface area (Å²) >= 11 is 0. The van der Waals surface area contributed by atoms with Gasteiger partial charge in [-0.3, -0.25) is 12.9 Å². The zero-order chi connectivity index (χ0) is 3.58. The minimum absolute atomic E-state index is 0. The van der Waals surface area contributed by atoms with Crippen molar-refractivity contribution in [3.8, 4) is 0 Å². The molecule has 0 aliphatic carbocycles. The number of halogens is 3. The Morgan fingerprint density at radius 3 is 1.00 bits per heavy atom. The molecule has 5 heteroatoms. The fourth-order valence-corrected chi connectivity index (χ4v) is 0. The van der Waals surface area contributed by atoms with Crippen molar-refractivity contribution in [2.24, 2.45) is 0 Å². The van der Waals surface area contributed by atoms with Gasteiger partial charge in [-0.15, -0.1) is 0 Å². The molecule has 5 heavy (non-hydrogen) atoms. The molecule has 0 saturated carbocycles. The van der Waals surface area contributed by atoms with E-state index in [0.717, 1.165) is 0 Å². The van der Waals surface area contributed by atoms with Crippen molar-refractivity contribution in [2.45, 2.75) is 0 Å². The average Bonchev–Trinajstić information content (AvgIpc) is 0.811. The Labute approximate surface area is 28.0 Å². The molecule has 0 atom stereocenters. The summed E-state index contributed by atoms with van der Waals surface area (Å²) in [4.78, 5) is 0. The summed E-state index contributed by atoms with van der Waals surface area (Å²) in [7, 11) is -3.67. The summed E-state index contributed by atoms with van der Waals surface area (Å²) < 4.78 is 29.0. The summed E-state index contributed by atoms with van der Waals surface area (Å²) in [5.41, 5.74) is 0. The summed E-state index contributed by atoms with van der Waals surface area (Å²) in [5.74, 6) is 0. The number of hydrogen-bond donors (Lipinski definition) is 1. The predicted octanol–water partition coefficient (Wildman–Crippen LogP) is 1.04. The van der Waals surface area contributed by atoms with Gasteiger partial charge in [0.25, 0.3) is 0 Å². The average molecular weight is 84.8 g/mol. The third kappa shape index (κ3) is 367. The minimum atomic E-state index is -3.67. The first-order valence-electron chi connectivity index (χ1n) is 0.655. The molecule has 0 rings (SSSR count). The van der Waals surface area contributed by atoms with E-state index in [1.807, 2.05) is 0 Å². The van der Waals surface area contributed by atoms with E-state index >= 15 is 0 Å². The molecule has 0 heterocycles. The van der Waals surface area contributed by atoms with E-state index in [-0.39, 0.29) is 6.15 Å². The first kappa shape index (κ1) is 8.84. The van der Waals surface area contributed by atoms with Crippen LogP contribution in [0, 0.1) is 0 Å². The van der Waals surface area contributed by atoms with Gasteiger partial charge in [-0.25, -0.2) is 0 Å². The highest BCUT2D eigenvalue weighted by Crippen LogP contribution is 1.80. The summed E-state index contributed by atoms with van der Waals surface area (Å²) in [5, 5.41) is 0. The van der Waals surface area contributed by atoms with Crippen LogP contribution in [-0.4, -0.2) is 7.54 Å². The van der Waals surface area contributed by atoms with Gasteiger partial charge >= 0.3 is 7.54 Å². The summed E-state index contributed by atoms with van der Waals surface area (Å²) in [6.07, 6.45) is 0. The number of rotatable bonds is 0. The largest absolute Gasteiger partial charge is 0.762 e. The van der Waals surface area contributed by atoms with Crippen molar-refractivity contribution in [3.63, 3.8) is 0 Å². The lowest BCUT2D eigenvalue weighted by atomic mass is 10.5. The molecule has 0 aromatic heterocycles. The molecule has 0 aromatic rings. The molecule has 1 nitrogen and oxygen atoms in total. The standard InChI is InChI=1S/BF3.H3N/c2-1(3)4;/h;1H3. The summed E-state index contributed by atoms with van der Waals surface area (Å²) in [6.45, 7) is 0. The van der Waals surface area contributed by atoms with Crippen LogP contribution in [-0.2, 0) is 0 Å². The van der Waals surface area contributed by atoms with Crippen LogP contribution in [0.1, 0.15) is 0 Å². The monoisotopic (exact) mass is 85.0 g/mol. The van der Waals surface area contributed by atoms with Crippen LogP contribution in [0.15, 0.2) is 0 Å². The normalized spacial score (nSPS) is 5.40. The second-order valence-corrected chi connectivity index (χ2v) is 0.247. The van der Waals surface area contributed by atoms with Crippen LogP contribution in [0.3, 0.4) is 0 Å².